The number of anilines is 3. The maximum Gasteiger partial charge on any atom is 0.227 e. The number of hydrogen-bond donors (Lipinski definition) is 4. The molecular formula is C24H21ClN6O. The molecule has 1 unspecified atom stereocenters. The van der Waals surface area contributed by atoms with E-state index in [2.05, 4.69) is 31.7 Å². The van der Waals surface area contributed by atoms with Crippen LogP contribution < -0.4 is 10.6 Å². The van der Waals surface area contributed by atoms with Crippen LogP contribution in [0.5, 0.6) is 0 Å². The second-order valence-corrected chi connectivity index (χ2v) is 8.73. The number of aliphatic hydroxyl groups is 1. The highest BCUT2D eigenvalue weighted by atomic mass is 35.5. The van der Waals surface area contributed by atoms with Crippen LogP contribution >= 0.6 is 11.6 Å². The fourth-order valence-corrected chi connectivity index (χ4v) is 4.49. The number of rotatable bonds is 4. The van der Waals surface area contributed by atoms with Gasteiger partial charge in [-0.3, -0.25) is 0 Å². The molecule has 4 aromatic rings. The van der Waals surface area contributed by atoms with Crippen molar-refractivity contribution in [2.45, 2.75) is 19.3 Å². The summed E-state index contributed by atoms with van der Waals surface area (Å²) in [6, 6.07) is 11.7. The van der Waals surface area contributed by atoms with Gasteiger partial charge in [-0.15, -0.1) is 0 Å². The number of nitrogens with zero attached hydrogens (tertiary/aromatic N) is 3. The Bertz CT molecular complexity index is 1410. The van der Waals surface area contributed by atoms with Gasteiger partial charge in [0.25, 0.3) is 0 Å². The van der Waals surface area contributed by atoms with Gasteiger partial charge < -0.3 is 20.7 Å². The molecular weight excluding hydrogens is 424 g/mol. The van der Waals surface area contributed by atoms with E-state index in [1.54, 1.807) is 6.20 Å². The summed E-state index contributed by atoms with van der Waals surface area (Å²) >= 11 is 6.43. The fourth-order valence-electron chi connectivity index (χ4n) is 4.23. The highest BCUT2D eigenvalue weighted by molar-refractivity contribution is 6.35. The van der Waals surface area contributed by atoms with Crippen molar-refractivity contribution >= 4 is 39.8 Å². The second-order valence-electron chi connectivity index (χ2n) is 8.32. The Balaban J connectivity index is 1.55. The predicted octanol–water partition coefficient (Wildman–Crippen LogP) is 4.88. The molecule has 1 atom stereocenters. The zero-order valence-corrected chi connectivity index (χ0v) is 18.4. The summed E-state index contributed by atoms with van der Waals surface area (Å²) in [6.45, 7) is 4.56. The molecule has 1 aliphatic rings. The van der Waals surface area contributed by atoms with Gasteiger partial charge in [0.05, 0.1) is 34.1 Å². The number of benzene rings is 2. The van der Waals surface area contributed by atoms with Gasteiger partial charge in [0, 0.05) is 41.0 Å². The molecule has 0 amide bonds. The molecule has 3 heterocycles. The molecule has 7 nitrogen and oxygen atoms in total. The molecule has 32 heavy (non-hydrogen) atoms. The van der Waals surface area contributed by atoms with Crippen LogP contribution in [0.25, 0.3) is 22.2 Å². The summed E-state index contributed by atoms with van der Waals surface area (Å²) in [7, 11) is 0. The van der Waals surface area contributed by atoms with E-state index < -0.39 is 5.41 Å². The first kappa shape index (κ1) is 20.3. The Hall–Kier alpha value is -3.60. The lowest BCUT2D eigenvalue weighted by atomic mass is 9.83. The van der Waals surface area contributed by atoms with Gasteiger partial charge in [0.1, 0.15) is 6.07 Å². The molecule has 0 fully saturated rings. The van der Waals surface area contributed by atoms with Gasteiger partial charge in [-0.2, -0.15) is 5.26 Å². The molecule has 0 bridgehead atoms. The van der Waals surface area contributed by atoms with E-state index in [9.17, 15) is 10.4 Å². The molecule has 2 aromatic heterocycles. The number of aryl methyl sites for hydroxylation is 1. The molecule has 0 saturated carbocycles. The van der Waals surface area contributed by atoms with Gasteiger partial charge in [-0.05, 0) is 48.4 Å². The summed E-state index contributed by atoms with van der Waals surface area (Å²) in [5.74, 6) is 0.429. The van der Waals surface area contributed by atoms with E-state index in [0.29, 0.717) is 28.8 Å². The SMILES string of the molecule is Cc1c(Nc2nccc(-c3cc(C#N)c4c(c3)C(C)(CO)CN4)n2)cc(Cl)c2[nH]ccc12. The lowest BCUT2D eigenvalue weighted by molar-refractivity contribution is 0.219. The number of aliphatic hydroxyl groups excluding tert-OH is 1. The smallest absolute Gasteiger partial charge is 0.227 e. The normalized spacial score (nSPS) is 17.1. The van der Waals surface area contributed by atoms with Gasteiger partial charge in [-0.1, -0.05) is 18.5 Å². The molecule has 0 radical (unpaired) electrons. The van der Waals surface area contributed by atoms with Crippen molar-refractivity contribution in [3.05, 3.63) is 64.4 Å². The number of aromatic nitrogens is 3. The van der Waals surface area contributed by atoms with E-state index in [0.717, 1.165) is 39.0 Å². The van der Waals surface area contributed by atoms with Gasteiger partial charge in [0.2, 0.25) is 5.95 Å². The summed E-state index contributed by atoms with van der Waals surface area (Å²) < 4.78 is 0. The van der Waals surface area contributed by atoms with Gasteiger partial charge >= 0.3 is 0 Å². The molecule has 0 spiro atoms. The minimum Gasteiger partial charge on any atom is -0.395 e. The van der Waals surface area contributed by atoms with Crippen LogP contribution in [0.15, 0.2) is 42.7 Å². The zero-order valence-electron chi connectivity index (χ0n) is 17.6. The van der Waals surface area contributed by atoms with E-state index >= 15 is 0 Å². The number of nitriles is 1. The fraction of sp³-hybridized carbons (Fsp3) is 0.208. The Labute approximate surface area is 190 Å². The van der Waals surface area contributed by atoms with Crippen LogP contribution in [0.3, 0.4) is 0 Å². The molecule has 0 saturated heterocycles. The predicted molar refractivity (Wildman–Crippen MR) is 126 cm³/mol. The van der Waals surface area contributed by atoms with Crippen LogP contribution in [-0.4, -0.2) is 33.2 Å². The largest absolute Gasteiger partial charge is 0.395 e. The van der Waals surface area contributed by atoms with E-state index in [4.69, 9.17) is 11.6 Å². The standard InChI is InChI=1S/C24H21ClN6O/c1-13-16-3-5-27-22(16)18(25)9-20(13)31-23-28-6-4-19(30-23)14-7-15(10-26)21-17(8-14)24(2,12-32)11-29-21/h3-9,27,29,32H,11-12H2,1-2H3,(H,28,30,31). The number of halogens is 1. The summed E-state index contributed by atoms with van der Waals surface area (Å²) in [4.78, 5) is 12.2. The number of hydrogen-bond acceptors (Lipinski definition) is 6. The van der Waals surface area contributed by atoms with Crippen molar-refractivity contribution in [3.63, 3.8) is 0 Å². The minimum absolute atomic E-state index is 0.0143. The maximum atomic E-state index is 9.94. The van der Waals surface area contributed by atoms with Gasteiger partial charge in [0.15, 0.2) is 0 Å². The maximum absolute atomic E-state index is 9.94. The lowest BCUT2D eigenvalue weighted by Crippen LogP contribution is -2.28. The quantitative estimate of drug-likeness (QED) is 0.357. The molecule has 4 N–H and O–H groups in total. The average Bonchev–Trinajstić information content (AvgIpc) is 3.43. The molecule has 8 heteroatoms. The van der Waals surface area contributed by atoms with Crippen LogP contribution in [0.1, 0.15) is 23.6 Å². The van der Waals surface area contributed by atoms with Crippen LogP contribution in [-0.2, 0) is 5.41 Å². The van der Waals surface area contributed by atoms with E-state index in [1.807, 2.05) is 50.4 Å². The third-order valence-electron chi connectivity index (χ3n) is 6.18. The summed E-state index contributed by atoms with van der Waals surface area (Å²) in [6.07, 6.45) is 3.54. The van der Waals surface area contributed by atoms with E-state index in [1.165, 1.54) is 0 Å². The Kier molecular flexibility index (Phi) is 4.77. The monoisotopic (exact) mass is 444 g/mol. The number of aromatic amines is 1. The summed E-state index contributed by atoms with van der Waals surface area (Å²) in [5, 5.41) is 27.8. The topological polar surface area (TPSA) is 110 Å². The second kappa shape index (κ2) is 7.52. The van der Waals surface area contributed by atoms with Crippen molar-refractivity contribution in [1.29, 1.82) is 5.26 Å². The first-order valence-electron chi connectivity index (χ1n) is 10.2. The van der Waals surface area contributed by atoms with Crippen molar-refractivity contribution in [3.8, 4) is 17.3 Å². The summed E-state index contributed by atoms with van der Waals surface area (Å²) in [5.41, 5.74) is 6.01. The van der Waals surface area contributed by atoms with Crippen molar-refractivity contribution < 1.29 is 5.11 Å². The molecule has 2 aromatic carbocycles. The lowest BCUT2D eigenvalue weighted by Gasteiger charge is -2.21. The molecule has 0 aliphatic carbocycles. The van der Waals surface area contributed by atoms with Crippen LogP contribution in [0.4, 0.5) is 17.3 Å². The minimum atomic E-state index is -0.453. The third kappa shape index (κ3) is 3.16. The van der Waals surface area contributed by atoms with Crippen molar-refractivity contribution in [1.82, 2.24) is 15.0 Å². The van der Waals surface area contributed by atoms with Gasteiger partial charge in [-0.25, -0.2) is 9.97 Å². The average molecular weight is 445 g/mol. The van der Waals surface area contributed by atoms with E-state index in [-0.39, 0.29) is 6.61 Å². The Morgan fingerprint density at radius 2 is 2.16 bits per heavy atom. The van der Waals surface area contributed by atoms with Crippen LogP contribution in [0, 0.1) is 18.3 Å². The zero-order chi connectivity index (χ0) is 22.5. The third-order valence-corrected chi connectivity index (χ3v) is 6.47. The Morgan fingerprint density at radius 1 is 1.31 bits per heavy atom. The number of H-pyrrole nitrogens is 1. The first-order chi connectivity index (χ1) is 15.4. The van der Waals surface area contributed by atoms with Crippen molar-refractivity contribution in [2.75, 3.05) is 23.8 Å². The van der Waals surface area contributed by atoms with Crippen molar-refractivity contribution in [2.24, 2.45) is 0 Å². The number of nitrogens with one attached hydrogen (secondary N) is 3. The first-order valence-corrected chi connectivity index (χ1v) is 10.6. The highest BCUT2D eigenvalue weighted by Crippen LogP contribution is 2.41. The highest BCUT2D eigenvalue weighted by Gasteiger charge is 2.36. The number of fused-ring (bicyclic) bond motifs is 2. The molecule has 5 rings (SSSR count). The molecule has 160 valence electrons. The van der Waals surface area contributed by atoms with Crippen LogP contribution in [0.2, 0.25) is 5.02 Å². The molecule has 1 aliphatic heterocycles. The Morgan fingerprint density at radius 3 is 2.94 bits per heavy atom.